The summed E-state index contributed by atoms with van der Waals surface area (Å²) in [5, 5.41) is 0. The molecule has 1 aromatic heterocycles. The summed E-state index contributed by atoms with van der Waals surface area (Å²) in [6, 6.07) is 15.2. The molecule has 0 aliphatic rings. The Labute approximate surface area is 206 Å². The van der Waals surface area contributed by atoms with Crippen LogP contribution in [0, 0.1) is 6.92 Å². The highest BCUT2D eigenvalue weighted by molar-refractivity contribution is 7.15. The van der Waals surface area contributed by atoms with E-state index in [2.05, 4.69) is 4.74 Å². The number of thiophene rings is 1. The smallest absolute Gasteiger partial charge is 0.488 e. The topological polar surface area (TPSA) is 54.0 Å². The van der Waals surface area contributed by atoms with Crippen molar-refractivity contribution in [2.24, 2.45) is 0 Å². The van der Waals surface area contributed by atoms with Gasteiger partial charge in [0.1, 0.15) is 18.1 Å². The van der Waals surface area contributed by atoms with Gasteiger partial charge in [-0.15, -0.1) is 24.5 Å². The first kappa shape index (κ1) is 26.6. The Morgan fingerprint density at radius 1 is 0.971 bits per heavy atom. The lowest BCUT2D eigenvalue weighted by Gasteiger charge is -2.15. The van der Waals surface area contributed by atoms with E-state index >= 15 is 0 Å². The number of esters is 1. The number of carbonyl (C=O) groups excluding carboxylic acids is 1. The van der Waals surface area contributed by atoms with E-state index in [1.807, 2.05) is 44.2 Å². The van der Waals surface area contributed by atoms with Crippen LogP contribution in [0.5, 0.6) is 11.5 Å². The van der Waals surface area contributed by atoms with Crippen molar-refractivity contribution in [1.82, 2.24) is 0 Å². The van der Waals surface area contributed by atoms with Crippen LogP contribution in [-0.4, -0.2) is 31.6 Å². The number of aryl methyl sites for hydroxylation is 1. The summed E-state index contributed by atoms with van der Waals surface area (Å²) >= 11 is 1.52. The standard InChI is InChI=1S/C26H27F3O5S/c1-4-31-22(25(30)32-5-2)15-18-6-10-20(11-7-18)33-16-24-17(3)14-23(35-24)19-8-12-21(13-9-19)34-26(27,28)29/h6-14,22H,4-5,15-16H2,1-3H3/t22-/m0/s1. The van der Waals surface area contributed by atoms with Crippen LogP contribution in [0.25, 0.3) is 10.4 Å². The molecule has 5 nitrogen and oxygen atoms in total. The summed E-state index contributed by atoms with van der Waals surface area (Å²) in [6.45, 7) is 6.63. The molecule has 188 valence electrons. The van der Waals surface area contributed by atoms with E-state index in [1.54, 1.807) is 19.1 Å². The zero-order valence-electron chi connectivity index (χ0n) is 19.7. The summed E-state index contributed by atoms with van der Waals surface area (Å²) in [5.74, 6) is 0.0541. The monoisotopic (exact) mass is 508 g/mol. The molecule has 9 heteroatoms. The Kier molecular flexibility index (Phi) is 9.17. The fraction of sp³-hybridized carbons (Fsp3) is 0.346. The molecule has 35 heavy (non-hydrogen) atoms. The van der Waals surface area contributed by atoms with Gasteiger partial charge in [-0.1, -0.05) is 12.1 Å². The maximum Gasteiger partial charge on any atom is 0.573 e. The van der Waals surface area contributed by atoms with Gasteiger partial charge in [-0.25, -0.2) is 4.79 Å². The van der Waals surface area contributed by atoms with Crippen molar-refractivity contribution in [3.05, 3.63) is 70.6 Å². The van der Waals surface area contributed by atoms with Crippen molar-refractivity contribution in [1.29, 1.82) is 0 Å². The molecule has 2 aromatic carbocycles. The lowest BCUT2D eigenvalue weighted by molar-refractivity contribution is -0.274. The highest BCUT2D eigenvalue weighted by Crippen LogP contribution is 2.34. The minimum atomic E-state index is -4.71. The molecule has 0 fully saturated rings. The SMILES string of the molecule is CCOC(=O)[C@H](Cc1ccc(OCc2sc(-c3ccc(OC(F)(F)F)cc3)cc2C)cc1)OCC. The van der Waals surface area contributed by atoms with Crippen molar-refractivity contribution in [3.8, 4) is 21.9 Å². The van der Waals surface area contributed by atoms with Gasteiger partial charge < -0.3 is 18.9 Å². The maximum absolute atomic E-state index is 12.4. The summed E-state index contributed by atoms with van der Waals surface area (Å²) in [4.78, 5) is 14.0. The second-order valence-electron chi connectivity index (χ2n) is 7.62. The van der Waals surface area contributed by atoms with Gasteiger partial charge in [0.15, 0.2) is 6.10 Å². The molecule has 3 aromatic rings. The summed E-state index contributed by atoms with van der Waals surface area (Å²) in [5.41, 5.74) is 2.76. The first-order chi connectivity index (χ1) is 16.7. The van der Waals surface area contributed by atoms with Gasteiger partial charge in [-0.2, -0.15) is 0 Å². The molecular formula is C26H27F3O5S. The van der Waals surface area contributed by atoms with Gasteiger partial charge in [0.05, 0.1) is 6.61 Å². The molecule has 0 saturated heterocycles. The Hall–Kier alpha value is -3.04. The summed E-state index contributed by atoms with van der Waals surface area (Å²) in [7, 11) is 0. The van der Waals surface area contributed by atoms with Gasteiger partial charge in [0.2, 0.25) is 0 Å². The van der Waals surface area contributed by atoms with Crippen LogP contribution < -0.4 is 9.47 Å². The molecule has 0 unspecified atom stereocenters. The quantitative estimate of drug-likeness (QED) is 0.270. The van der Waals surface area contributed by atoms with Crippen LogP contribution in [0.3, 0.4) is 0 Å². The number of benzene rings is 2. The molecule has 1 heterocycles. The molecule has 1 atom stereocenters. The molecule has 0 radical (unpaired) electrons. The molecule has 0 N–H and O–H groups in total. The Morgan fingerprint density at radius 3 is 2.23 bits per heavy atom. The average molecular weight is 509 g/mol. The number of hydrogen-bond acceptors (Lipinski definition) is 6. The maximum atomic E-state index is 12.4. The van der Waals surface area contributed by atoms with E-state index in [4.69, 9.17) is 14.2 Å². The molecule has 0 spiro atoms. The molecule has 0 saturated carbocycles. The number of alkyl halides is 3. The Balaban J connectivity index is 1.59. The average Bonchev–Trinajstić information content (AvgIpc) is 3.18. The van der Waals surface area contributed by atoms with E-state index in [0.29, 0.717) is 32.0 Å². The van der Waals surface area contributed by atoms with Gasteiger partial charge >= 0.3 is 12.3 Å². The van der Waals surface area contributed by atoms with Crippen molar-refractivity contribution in [2.45, 2.75) is 46.3 Å². The molecule has 0 aliphatic carbocycles. The third-order valence-corrected chi connectivity index (χ3v) is 6.28. The van der Waals surface area contributed by atoms with Gasteiger partial charge in [0.25, 0.3) is 0 Å². The lowest BCUT2D eigenvalue weighted by Crippen LogP contribution is -2.28. The van der Waals surface area contributed by atoms with Crippen LogP contribution in [0.2, 0.25) is 0 Å². The molecule has 0 amide bonds. The molecule has 0 bridgehead atoms. The molecule has 3 rings (SSSR count). The number of rotatable bonds is 11. The van der Waals surface area contributed by atoms with E-state index in [0.717, 1.165) is 26.4 Å². The van der Waals surface area contributed by atoms with E-state index in [-0.39, 0.29) is 11.7 Å². The number of carbonyl (C=O) groups is 1. The number of hydrogen-bond donors (Lipinski definition) is 0. The van der Waals surface area contributed by atoms with Crippen LogP contribution >= 0.6 is 11.3 Å². The van der Waals surface area contributed by atoms with Crippen LogP contribution in [0.4, 0.5) is 13.2 Å². The molecule has 0 aliphatic heterocycles. The van der Waals surface area contributed by atoms with Crippen LogP contribution in [0.1, 0.15) is 29.9 Å². The van der Waals surface area contributed by atoms with Crippen molar-refractivity contribution in [3.63, 3.8) is 0 Å². The Bertz CT molecular complexity index is 1090. The number of halogens is 3. The fourth-order valence-electron chi connectivity index (χ4n) is 3.36. The van der Waals surface area contributed by atoms with Gasteiger partial charge in [0, 0.05) is 22.8 Å². The molecular weight excluding hydrogens is 481 g/mol. The fourth-order valence-corrected chi connectivity index (χ4v) is 4.45. The first-order valence-corrected chi connectivity index (χ1v) is 12.0. The van der Waals surface area contributed by atoms with Crippen LogP contribution in [0.15, 0.2) is 54.6 Å². The summed E-state index contributed by atoms with van der Waals surface area (Å²) < 4.78 is 57.5. The highest BCUT2D eigenvalue weighted by Gasteiger charge is 2.31. The largest absolute Gasteiger partial charge is 0.573 e. The predicted octanol–water partition coefficient (Wildman–Crippen LogP) is 6.71. The van der Waals surface area contributed by atoms with E-state index < -0.39 is 12.5 Å². The number of ether oxygens (including phenoxy) is 4. The summed E-state index contributed by atoms with van der Waals surface area (Å²) in [6.07, 6.45) is -4.95. The minimum Gasteiger partial charge on any atom is -0.488 e. The third-order valence-electron chi connectivity index (χ3n) is 5.02. The van der Waals surface area contributed by atoms with Crippen molar-refractivity contribution >= 4 is 17.3 Å². The zero-order valence-corrected chi connectivity index (χ0v) is 20.5. The minimum absolute atomic E-state index is 0.253. The lowest BCUT2D eigenvalue weighted by atomic mass is 10.1. The van der Waals surface area contributed by atoms with E-state index in [1.165, 1.54) is 23.5 Å². The van der Waals surface area contributed by atoms with Crippen molar-refractivity contribution < 1.29 is 36.9 Å². The second-order valence-corrected chi connectivity index (χ2v) is 8.76. The predicted molar refractivity (Wildman–Crippen MR) is 128 cm³/mol. The van der Waals surface area contributed by atoms with Crippen molar-refractivity contribution in [2.75, 3.05) is 13.2 Å². The third kappa shape index (κ3) is 8.00. The normalized spacial score (nSPS) is 12.3. The van der Waals surface area contributed by atoms with E-state index in [9.17, 15) is 18.0 Å². The second kappa shape index (κ2) is 12.1. The van der Waals surface area contributed by atoms with Gasteiger partial charge in [-0.05, 0) is 79.9 Å². The first-order valence-electron chi connectivity index (χ1n) is 11.1. The zero-order chi connectivity index (χ0) is 25.4. The Morgan fingerprint density at radius 2 is 1.63 bits per heavy atom. The van der Waals surface area contributed by atoms with Crippen LogP contribution in [-0.2, 0) is 27.3 Å². The highest BCUT2D eigenvalue weighted by atomic mass is 32.1. The van der Waals surface area contributed by atoms with Gasteiger partial charge in [-0.3, -0.25) is 0 Å².